The Labute approximate surface area is 160 Å². The molecule has 2 fully saturated rings. The highest BCUT2D eigenvalue weighted by atomic mass is 16.2. The zero-order valence-corrected chi connectivity index (χ0v) is 16.0. The van der Waals surface area contributed by atoms with Gasteiger partial charge in [-0.2, -0.15) is 0 Å². The number of nitrogens with one attached hydrogen (secondary N) is 1. The molecule has 144 valence electrons. The van der Waals surface area contributed by atoms with Gasteiger partial charge in [-0.3, -0.25) is 9.69 Å². The average molecular weight is 368 g/mol. The van der Waals surface area contributed by atoms with Crippen molar-refractivity contribution in [1.82, 2.24) is 19.7 Å². The number of aromatic nitrogens is 3. The first-order valence-electron chi connectivity index (χ1n) is 9.92. The largest absolute Gasteiger partial charge is 0.338 e. The molecule has 0 radical (unpaired) electrons. The van der Waals surface area contributed by atoms with E-state index >= 15 is 0 Å². The summed E-state index contributed by atoms with van der Waals surface area (Å²) in [5, 5.41) is 11.9. The van der Waals surface area contributed by atoms with Crippen LogP contribution in [0, 0.1) is 0 Å². The summed E-state index contributed by atoms with van der Waals surface area (Å²) in [5.74, 6) is 2.70. The van der Waals surface area contributed by atoms with Crippen molar-refractivity contribution in [3.63, 3.8) is 0 Å². The molecule has 1 aromatic heterocycles. The van der Waals surface area contributed by atoms with Gasteiger partial charge in [0.1, 0.15) is 5.82 Å². The zero-order valence-electron chi connectivity index (χ0n) is 16.0. The van der Waals surface area contributed by atoms with Crippen LogP contribution in [0.15, 0.2) is 30.3 Å². The fourth-order valence-electron chi connectivity index (χ4n) is 4.18. The highest BCUT2D eigenvalue weighted by Crippen LogP contribution is 2.33. The summed E-state index contributed by atoms with van der Waals surface area (Å²) in [6.07, 6.45) is 5.07. The van der Waals surface area contributed by atoms with Crippen LogP contribution < -0.4 is 10.2 Å². The third kappa shape index (κ3) is 4.13. The first-order valence-corrected chi connectivity index (χ1v) is 9.92. The maximum Gasteiger partial charge on any atom is 0.238 e. The fourth-order valence-corrected chi connectivity index (χ4v) is 4.18. The molecule has 0 spiro atoms. The lowest BCUT2D eigenvalue weighted by atomic mass is 10.1. The summed E-state index contributed by atoms with van der Waals surface area (Å²) in [7, 11) is 2.09. The minimum Gasteiger partial charge on any atom is -0.338 e. The molecule has 1 saturated carbocycles. The molecule has 7 nitrogen and oxygen atoms in total. The maximum absolute atomic E-state index is 12.2. The van der Waals surface area contributed by atoms with Gasteiger partial charge in [0, 0.05) is 44.8 Å². The Balaban J connectivity index is 1.29. The number of para-hydroxylation sites is 1. The Morgan fingerprint density at radius 3 is 2.48 bits per heavy atom. The predicted molar refractivity (Wildman–Crippen MR) is 106 cm³/mol. The molecule has 1 aliphatic carbocycles. The highest BCUT2D eigenvalue weighted by Gasteiger charge is 2.27. The number of carbonyl (C=O) groups is 1. The maximum atomic E-state index is 12.2. The standard InChI is InChI=1S/C20H28N6O/c1-24-19(16-7-5-6-8-16)22-23-20(24)26-13-11-25(12-14-26)15-18(27)21-17-9-3-2-4-10-17/h2-4,9-10,16H,5-8,11-15H2,1H3,(H,21,27). The van der Waals surface area contributed by atoms with Crippen LogP contribution in [0.5, 0.6) is 0 Å². The Morgan fingerprint density at radius 2 is 1.78 bits per heavy atom. The number of rotatable bonds is 5. The van der Waals surface area contributed by atoms with Crippen molar-refractivity contribution in [2.45, 2.75) is 31.6 Å². The van der Waals surface area contributed by atoms with Gasteiger partial charge in [-0.15, -0.1) is 10.2 Å². The molecular formula is C20H28N6O. The summed E-state index contributed by atoms with van der Waals surface area (Å²) in [4.78, 5) is 16.7. The summed E-state index contributed by atoms with van der Waals surface area (Å²) >= 11 is 0. The van der Waals surface area contributed by atoms with E-state index in [-0.39, 0.29) is 5.91 Å². The Morgan fingerprint density at radius 1 is 1.07 bits per heavy atom. The molecule has 0 unspecified atom stereocenters. The topological polar surface area (TPSA) is 66.3 Å². The number of carbonyl (C=O) groups excluding carboxylic acids is 1. The monoisotopic (exact) mass is 368 g/mol. The number of hydrogen-bond acceptors (Lipinski definition) is 5. The molecule has 1 aliphatic heterocycles. The van der Waals surface area contributed by atoms with E-state index in [1.165, 1.54) is 25.7 Å². The van der Waals surface area contributed by atoms with Crippen molar-refractivity contribution >= 4 is 17.5 Å². The van der Waals surface area contributed by atoms with Crippen LogP contribution >= 0.6 is 0 Å². The summed E-state index contributed by atoms with van der Waals surface area (Å²) in [6, 6.07) is 9.61. The van der Waals surface area contributed by atoms with Gasteiger partial charge in [0.15, 0.2) is 0 Å². The second-order valence-corrected chi connectivity index (χ2v) is 7.58. The minimum absolute atomic E-state index is 0.0387. The lowest BCUT2D eigenvalue weighted by molar-refractivity contribution is -0.117. The minimum atomic E-state index is 0.0387. The quantitative estimate of drug-likeness (QED) is 0.877. The molecule has 27 heavy (non-hydrogen) atoms. The molecule has 1 N–H and O–H groups in total. The third-order valence-electron chi connectivity index (χ3n) is 5.69. The first kappa shape index (κ1) is 18.0. The molecule has 1 saturated heterocycles. The molecular weight excluding hydrogens is 340 g/mol. The van der Waals surface area contributed by atoms with Gasteiger partial charge in [0.2, 0.25) is 11.9 Å². The summed E-state index contributed by atoms with van der Waals surface area (Å²) < 4.78 is 2.17. The lowest BCUT2D eigenvalue weighted by Gasteiger charge is -2.34. The van der Waals surface area contributed by atoms with Gasteiger partial charge >= 0.3 is 0 Å². The van der Waals surface area contributed by atoms with Crippen LogP contribution in [0.1, 0.15) is 37.4 Å². The van der Waals surface area contributed by atoms with Crippen LogP contribution in [0.2, 0.25) is 0 Å². The van der Waals surface area contributed by atoms with Gasteiger partial charge in [-0.25, -0.2) is 0 Å². The predicted octanol–water partition coefficient (Wildman–Crippen LogP) is 2.23. The van der Waals surface area contributed by atoms with Gasteiger partial charge in [0.05, 0.1) is 6.54 Å². The number of nitrogens with zero attached hydrogens (tertiary/aromatic N) is 5. The van der Waals surface area contributed by atoms with E-state index in [4.69, 9.17) is 0 Å². The van der Waals surface area contributed by atoms with E-state index < -0.39 is 0 Å². The normalized spacial score (nSPS) is 18.8. The number of anilines is 2. The van der Waals surface area contributed by atoms with E-state index in [0.29, 0.717) is 12.5 Å². The average Bonchev–Trinajstić information content (AvgIpc) is 3.33. The molecule has 2 aromatic rings. The Hall–Kier alpha value is -2.41. The van der Waals surface area contributed by atoms with Crippen LogP contribution in [0.25, 0.3) is 0 Å². The number of benzene rings is 1. The second kappa shape index (κ2) is 8.08. The van der Waals surface area contributed by atoms with Crippen LogP contribution in [-0.2, 0) is 11.8 Å². The van der Waals surface area contributed by atoms with E-state index in [1.807, 2.05) is 30.3 Å². The number of amides is 1. The molecule has 7 heteroatoms. The van der Waals surface area contributed by atoms with Crippen molar-refractivity contribution in [2.75, 3.05) is 42.9 Å². The van der Waals surface area contributed by atoms with Crippen molar-refractivity contribution in [2.24, 2.45) is 7.05 Å². The van der Waals surface area contributed by atoms with Crippen LogP contribution in [-0.4, -0.2) is 58.3 Å². The van der Waals surface area contributed by atoms with E-state index in [0.717, 1.165) is 43.6 Å². The van der Waals surface area contributed by atoms with Gasteiger partial charge < -0.3 is 14.8 Å². The Bertz CT molecular complexity index is 760. The zero-order chi connectivity index (χ0) is 18.6. The van der Waals surface area contributed by atoms with Crippen LogP contribution in [0.4, 0.5) is 11.6 Å². The van der Waals surface area contributed by atoms with Crippen molar-refractivity contribution in [3.8, 4) is 0 Å². The van der Waals surface area contributed by atoms with Crippen LogP contribution in [0.3, 0.4) is 0 Å². The molecule has 0 atom stereocenters. The van der Waals surface area contributed by atoms with E-state index in [1.54, 1.807) is 0 Å². The smallest absolute Gasteiger partial charge is 0.238 e. The fraction of sp³-hybridized carbons (Fsp3) is 0.550. The number of piperazine rings is 1. The van der Waals surface area contributed by atoms with Gasteiger partial charge in [-0.05, 0) is 25.0 Å². The third-order valence-corrected chi connectivity index (χ3v) is 5.69. The SMILES string of the molecule is Cn1c(C2CCCC2)nnc1N1CCN(CC(=O)Nc2ccccc2)CC1. The van der Waals surface area contributed by atoms with E-state index in [9.17, 15) is 4.79 Å². The highest BCUT2D eigenvalue weighted by molar-refractivity contribution is 5.92. The van der Waals surface area contributed by atoms with Crippen molar-refractivity contribution in [1.29, 1.82) is 0 Å². The summed E-state index contributed by atoms with van der Waals surface area (Å²) in [6.45, 7) is 3.88. The van der Waals surface area contributed by atoms with Gasteiger partial charge in [0.25, 0.3) is 0 Å². The lowest BCUT2D eigenvalue weighted by Crippen LogP contribution is -2.49. The first-order chi connectivity index (χ1) is 13.2. The molecule has 2 aliphatic rings. The van der Waals surface area contributed by atoms with Crippen molar-refractivity contribution in [3.05, 3.63) is 36.2 Å². The molecule has 4 rings (SSSR count). The molecule has 1 aromatic carbocycles. The van der Waals surface area contributed by atoms with Gasteiger partial charge in [-0.1, -0.05) is 31.0 Å². The van der Waals surface area contributed by atoms with Crippen molar-refractivity contribution < 1.29 is 4.79 Å². The Kier molecular flexibility index (Phi) is 5.38. The number of hydrogen-bond donors (Lipinski definition) is 1. The van der Waals surface area contributed by atoms with E-state index in [2.05, 4.69) is 36.9 Å². The second-order valence-electron chi connectivity index (χ2n) is 7.58. The molecule has 1 amide bonds. The summed E-state index contributed by atoms with van der Waals surface area (Å²) in [5.41, 5.74) is 0.847. The molecule has 0 bridgehead atoms. The molecule has 2 heterocycles.